The Hall–Kier alpha value is -0.770. The van der Waals surface area contributed by atoms with E-state index in [2.05, 4.69) is 11.8 Å². The molecule has 1 unspecified atom stereocenters. The maximum atomic E-state index is 10.1. The Bertz CT molecular complexity index is 430. The number of aliphatic hydroxyl groups excluding tert-OH is 1. The van der Waals surface area contributed by atoms with Gasteiger partial charge >= 0.3 is 0 Å². The third-order valence-corrected chi connectivity index (χ3v) is 4.34. The van der Waals surface area contributed by atoms with Crippen molar-refractivity contribution in [2.75, 3.05) is 26.2 Å². The van der Waals surface area contributed by atoms with E-state index >= 15 is 0 Å². The molecule has 20 heavy (non-hydrogen) atoms. The molecule has 0 aliphatic carbocycles. The van der Waals surface area contributed by atoms with Crippen molar-refractivity contribution < 1.29 is 9.84 Å². The number of nitrogens with zero attached hydrogens (tertiary/aromatic N) is 1. The Balaban J connectivity index is 1.74. The van der Waals surface area contributed by atoms with E-state index in [1.165, 1.54) is 12.8 Å². The van der Waals surface area contributed by atoms with Crippen LogP contribution in [0.3, 0.4) is 0 Å². The fourth-order valence-electron chi connectivity index (χ4n) is 2.49. The standard InChI is InChI=1S/C16H24ClNO2/c1-12-5-7-18(8-6-12)10-14(19)11-20-15-3-4-16(17)13(2)9-15/h3-4,9,12,14,19H,5-8,10-11H2,1-2H3. The summed E-state index contributed by atoms with van der Waals surface area (Å²) in [6, 6.07) is 5.56. The molecule has 0 radical (unpaired) electrons. The van der Waals surface area contributed by atoms with Gasteiger partial charge in [-0.3, -0.25) is 0 Å². The first-order valence-electron chi connectivity index (χ1n) is 7.34. The number of rotatable bonds is 5. The van der Waals surface area contributed by atoms with Gasteiger partial charge in [0, 0.05) is 11.6 Å². The number of piperidine rings is 1. The van der Waals surface area contributed by atoms with E-state index in [0.717, 1.165) is 35.3 Å². The summed E-state index contributed by atoms with van der Waals surface area (Å²) in [6.45, 7) is 7.42. The lowest BCUT2D eigenvalue weighted by atomic mass is 9.99. The number of hydrogen-bond acceptors (Lipinski definition) is 3. The van der Waals surface area contributed by atoms with Gasteiger partial charge in [-0.15, -0.1) is 0 Å². The molecular weight excluding hydrogens is 274 g/mol. The molecule has 1 heterocycles. The number of benzene rings is 1. The second kappa shape index (κ2) is 7.30. The second-order valence-electron chi connectivity index (χ2n) is 5.86. The van der Waals surface area contributed by atoms with Crippen LogP contribution in [0.1, 0.15) is 25.3 Å². The Morgan fingerprint density at radius 2 is 2.10 bits per heavy atom. The number of hydrogen-bond donors (Lipinski definition) is 1. The van der Waals surface area contributed by atoms with Crippen LogP contribution in [0.5, 0.6) is 5.75 Å². The predicted molar refractivity (Wildman–Crippen MR) is 82.5 cm³/mol. The number of likely N-dealkylation sites (tertiary alicyclic amines) is 1. The van der Waals surface area contributed by atoms with Crippen molar-refractivity contribution in [1.29, 1.82) is 0 Å². The zero-order valence-corrected chi connectivity index (χ0v) is 13.1. The summed E-state index contributed by atoms with van der Waals surface area (Å²) in [7, 11) is 0. The molecule has 1 aliphatic heterocycles. The SMILES string of the molecule is Cc1cc(OCC(O)CN2CCC(C)CC2)ccc1Cl. The van der Waals surface area contributed by atoms with Crippen LogP contribution in [0.15, 0.2) is 18.2 Å². The highest BCUT2D eigenvalue weighted by Gasteiger charge is 2.18. The number of ether oxygens (including phenoxy) is 1. The predicted octanol–water partition coefficient (Wildman–Crippen LogP) is 3.12. The van der Waals surface area contributed by atoms with Crippen molar-refractivity contribution in [3.05, 3.63) is 28.8 Å². The summed E-state index contributed by atoms with van der Waals surface area (Å²) in [6.07, 6.45) is 2.01. The van der Waals surface area contributed by atoms with Gasteiger partial charge in [-0.25, -0.2) is 0 Å². The topological polar surface area (TPSA) is 32.7 Å². The summed E-state index contributed by atoms with van der Waals surface area (Å²) in [4.78, 5) is 2.32. The monoisotopic (exact) mass is 297 g/mol. The third-order valence-electron chi connectivity index (χ3n) is 3.92. The largest absolute Gasteiger partial charge is 0.491 e. The molecule has 1 N–H and O–H groups in total. The maximum Gasteiger partial charge on any atom is 0.119 e. The molecule has 0 spiro atoms. The minimum Gasteiger partial charge on any atom is -0.491 e. The average Bonchev–Trinajstić information content (AvgIpc) is 2.43. The molecule has 1 fully saturated rings. The smallest absolute Gasteiger partial charge is 0.119 e. The van der Waals surface area contributed by atoms with Crippen molar-refractivity contribution in [3.8, 4) is 5.75 Å². The van der Waals surface area contributed by atoms with Gasteiger partial charge in [-0.2, -0.15) is 0 Å². The minimum atomic E-state index is -0.445. The van der Waals surface area contributed by atoms with Crippen molar-refractivity contribution in [2.24, 2.45) is 5.92 Å². The first kappa shape index (κ1) is 15.6. The second-order valence-corrected chi connectivity index (χ2v) is 6.27. The van der Waals surface area contributed by atoms with Gasteiger partial charge in [0.25, 0.3) is 0 Å². The number of aliphatic hydroxyl groups is 1. The Labute approximate surface area is 126 Å². The summed E-state index contributed by atoms with van der Waals surface area (Å²) in [5, 5.41) is 10.8. The highest BCUT2D eigenvalue weighted by Crippen LogP contribution is 2.21. The lowest BCUT2D eigenvalue weighted by molar-refractivity contribution is 0.0563. The summed E-state index contributed by atoms with van der Waals surface area (Å²) in [5.41, 5.74) is 0.990. The Kier molecular flexibility index (Phi) is 5.70. The third kappa shape index (κ3) is 4.65. The van der Waals surface area contributed by atoms with Crippen LogP contribution >= 0.6 is 11.6 Å². The van der Waals surface area contributed by atoms with Crippen molar-refractivity contribution in [2.45, 2.75) is 32.8 Å². The Morgan fingerprint density at radius 1 is 1.40 bits per heavy atom. The molecule has 4 heteroatoms. The normalized spacial score (nSPS) is 19.0. The molecule has 0 bridgehead atoms. The van der Waals surface area contributed by atoms with Crippen LogP contribution in [-0.4, -0.2) is 42.4 Å². The van der Waals surface area contributed by atoms with Crippen molar-refractivity contribution in [3.63, 3.8) is 0 Å². The van der Waals surface area contributed by atoms with Crippen LogP contribution < -0.4 is 4.74 Å². The summed E-state index contributed by atoms with van der Waals surface area (Å²) < 4.78 is 5.63. The molecule has 1 aromatic carbocycles. The van der Waals surface area contributed by atoms with Crippen molar-refractivity contribution in [1.82, 2.24) is 4.90 Å². The van der Waals surface area contributed by atoms with Gasteiger partial charge in [0.05, 0.1) is 0 Å². The lowest BCUT2D eigenvalue weighted by Gasteiger charge is -2.31. The highest BCUT2D eigenvalue weighted by atomic mass is 35.5. The van der Waals surface area contributed by atoms with Crippen LogP contribution in [0, 0.1) is 12.8 Å². The molecule has 1 saturated heterocycles. The first-order valence-corrected chi connectivity index (χ1v) is 7.72. The molecule has 112 valence electrons. The van der Waals surface area contributed by atoms with E-state index < -0.39 is 6.10 Å². The van der Waals surface area contributed by atoms with E-state index in [0.29, 0.717) is 13.2 Å². The molecular formula is C16H24ClNO2. The molecule has 1 atom stereocenters. The maximum absolute atomic E-state index is 10.1. The van der Waals surface area contributed by atoms with Crippen LogP contribution in [0.4, 0.5) is 0 Å². The first-order chi connectivity index (χ1) is 9.54. The fraction of sp³-hybridized carbons (Fsp3) is 0.625. The number of aryl methyl sites for hydroxylation is 1. The minimum absolute atomic E-state index is 0.327. The van der Waals surface area contributed by atoms with Crippen LogP contribution in [-0.2, 0) is 0 Å². The van der Waals surface area contributed by atoms with Gasteiger partial charge < -0.3 is 14.7 Å². The Morgan fingerprint density at radius 3 is 2.75 bits per heavy atom. The summed E-state index contributed by atoms with van der Waals surface area (Å²) in [5.74, 6) is 1.58. The van der Waals surface area contributed by atoms with Gasteiger partial charge in [0.2, 0.25) is 0 Å². The molecule has 1 aromatic rings. The zero-order valence-electron chi connectivity index (χ0n) is 12.3. The average molecular weight is 298 g/mol. The van der Waals surface area contributed by atoms with E-state index in [9.17, 15) is 5.11 Å². The van der Waals surface area contributed by atoms with Crippen LogP contribution in [0.2, 0.25) is 5.02 Å². The van der Waals surface area contributed by atoms with E-state index in [1.807, 2.05) is 25.1 Å². The van der Waals surface area contributed by atoms with Crippen molar-refractivity contribution >= 4 is 11.6 Å². The van der Waals surface area contributed by atoms with Gasteiger partial charge in [0.1, 0.15) is 18.5 Å². The van der Waals surface area contributed by atoms with E-state index in [1.54, 1.807) is 0 Å². The zero-order chi connectivity index (χ0) is 14.5. The highest BCUT2D eigenvalue weighted by molar-refractivity contribution is 6.31. The van der Waals surface area contributed by atoms with Gasteiger partial charge in [-0.1, -0.05) is 18.5 Å². The molecule has 0 aromatic heterocycles. The molecule has 1 aliphatic rings. The molecule has 0 saturated carbocycles. The number of β-amino-alcohol motifs (C(OH)–C–C–N with tert-alkyl or cyclic N) is 1. The van der Waals surface area contributed by atoms with Gasteiger partial charge in [-0.05, 0) is 62.5 Å². The quantitative estimate of drug-likeness (QED) is 0.906. The fourth-order valence-corrected chi connectivity index (χ4v) is 2.61. The lowest BCUT2D eigenvalue weighted by Crippen LogP contribution is -2.40. The van der Waals surface area contributed by atoms with E-state index in [-0.39, 0.29) is 0 Å². The molecule has 3 nitrogen and oxygen atoms in total. The van der Waals surface area contributed by atoms with Crippen LogP contribution in [0.25, 0.3) is 0 Å². The molecule has 0 amide bonds. The molecule has 2 rings (SSSR count). The van der Waals surface area contributed by atoms with E-state index in [4.69, 9.17) is 16.3 Å². The summed E-state index contributed by atoms with van der Waals surface area (Å²) >= 11 is 5.97. The van der Waals surface area contributed by atoms with Gasteiger partial charge in [0.15, 0.2) is 0 Å². The number of halogens is 1.